The van der Waals surface area contributed by atoms with Crippen molar-refractivity contribution in [2.24, 2.45) is 0 Å². The summed E-state index contributed by atoms with van der Waals surface area (Å²) in [6.45, 7) is 4.31. The molecule has 3 aromatic heterocycles. The van der Waals surface area contributed by atoms with Gasteiger partial charge < -0.3 is 9.55 Å². The number of imidazole rings is 1. The molecule has 5 heteroatoms. The minimum atomic E-state index is 0. The summed E-state index contributed by atoms with van der Waals surface area (Å²) in [5.41, 5.74) is 9.82. The maximum absolute atomic E-state index is 4.98. The van der Waals surface area contributed by atoms with Crippen molar-refractivity contribution < 1.29 is 20.1 Å². The average molecular weight is 721 g/mol. The Morgan fingerprint density at radius 2 is 1.31 bits per heavy atom. The fourth-order valence-electron chi connectivity index (χ4n) is 5.02. The molecule has 7 rings (SSSR count). The molecule has 0 aliphatic rings. The number of para-hydroxylation sites is 1. The molecule has 0 spiro atoms. The molecule has 0 N–H and O–H groups in total. The molecule has 0 saturated heterocycles. The molecule has 3 heterocycles. The van der Waals surface area contributed by atoms with Gasteiger partial charge in [0.1, 0.15) is 11.6 Å². The monoisotopic (exact) mass is 721 g/mol. The molecule has 4 nitrogen and oxygen atoms in total. The van der Waals surface area contributed by atoms with E-state index >= 15 is 0 Å². The van der Waals surface area contributed by atoms with Crippen molar-refractivity contribution in [1.82, 2.24) is 19.5 Å². The van der Waals surface area contributed by atoms with Gasteiger partial charge in [-0.3, -0.25) is 4.98 Å². The average Bonchev–Trinajstić information content (AvgIpc) is 3.42. The second-order valence-corrected chi connectivity index (χ2v) is 9.71. The van der Waals surface area contributed by atoms with E-state index in [1.54, 1.807) is 6.20 Å². The summed E-state index contributed by atoms with van der Waals surface area (Å²) in [7, 11) is 0. The largest absolute Gasteiger partial charge is 0.305 e. The van der Waals surface area contributed by atoms with Crippen LogP contribution in [0.25, 0.3) is 50.6 Å². The number of rotatable bonds is 4. The number of aryl methyl sites for hydroxylation is 2. The Bertz CT molecular complexity index is 1820. The standard InChI is InChI=1S/C26H20N3.C11H8N.Ir/c1-18-16-21(20-10-4-3-5-11-20)17-19(2)25(18)26-28-22-12-6-7-13-23(22)29(26)24-14-8-9-15-27-24;1-2-6-10(7-3-1)11-8-4-5-9-12-11;/h3-12,14-17H,1-2H3;1-6,8-9H;/q2*-1;. The van der Waals surface area contributed by atoms with Crippen molar-refractivity contribution in [3.63, 3.8) is 0 Å². The molecule has 7 aromatic rings. The first-order valence-corrected chi connectivity index (χ1v) is 13.5. The topological polar surface area (TPSA) is 43.6 Å². The van der Waals surface area contributed by atoms with Gasteiger partial charge in [0.2, 0.25) is 0 Å². The van der Waals surface area contributed by atoms with Crippen molar-refractivity contribution in [1.29, 1.82) is 0 Å². The molecular weight excluding hydrogens is 693 g/mol. The minimum absolute atomic E-state index is 0. The van der Waals surface area contributed by atoms with Gasteiger partial charge in [-0.25, -0.2) is 4.98 Å². The van der Waals surface area contributed by atoms with Gasteiger partial charge in [0.05, 0.1) is 0 Å². The van der Waals surface area contributed by atoms with E-state index in [2.05, 4.69) is 76.9 Å². The van der Waals surface area contributed by atoms with Gasteiger partial charge in [0.15, 0.2) is 0 Å². The van der Waals surface area contributed by atoms with Crippen molar-refractivity contribution in [2.45, 2.75) is 13.8 Å². The van der Waals surface area contributed by atoms with Crippen LogP contribution < -0.4 is 0 Å². The summed E-state index contributed by atoms with van der Waals surface area (Å²) in [4.78, 5) is 13.8. The zero-order chi connectivity index (χ0) is 28.0. The van der Waals surface area contributed by atoms with Crippen LogP contribution in [-0.2, 0) is 20.1 Å². The maximum Gasteiger partial charge on any atom is 0.136 e. The maximum atomic E-state index is 4.98. The van der Waals surface area contributed by atoms with Gasteiger partial charge >= 0.3 is 0 Å². The Labute approximate surface area is 260 Å². The van der Waals surface area contributed by atoms with Crippen molar-refractivity contribution in [3.8, 4) is 39.6 Å². The molecule has 0 unspecified atom stereocenters. The smallest absolute Gasteiger partial charge is 0.136 e. The predicted molar refractivity (Wildman–Crippen MR) is 167 cm³/mol. The fourth-order valence-corrected chi connectivity index (χ4v) is 5.02. The first kappa shape index (κ1) is 28.8. The first-order valence-electron chi connectivity index (χ1n) is 13.5. The molecular formula is C37H28IrN4-2. The molecule has 0 saturated carbocycles. The number of nitrogens with zero attached hydrogens (tertiary/aromatic N) is 4. The van der Waals surface area contributed by atoms with Crippen LogP contribution in [-0.4, -0.2) is 19.5 Å². The van der Waals surface area contributed by atoms with Crippen LogP contribution in [0.1, 0.15) is 11.1 Å². The van der Waals surface area contributed by atoms with Gasteiger partial charge in [-0.15, -0.1) is 42.0 Å². The van der Waals surface area contributed by atoms with Crippen molar-refractivity contribution in [3.05, 3.63) is 157 Å². The summed E-state index contributed by atoms with van der Waals surface area (Å²) in [6.07, 6.45) is 3.60. The van der Waals surface area contributed by atoms with E-state index in [4.69, 9.17) is 4.98 Å². The Balaban J connectivity index is 0.000000228. The van der Waals surface area contributed by atoms with E-state index < -0.39 is 0 Å². The van der Waals surface area contributed by atoms with Gasteiger partial charge in [-0.05, 0) is 71.0 Å². The number of fused-ring (bicyclic) bond motifs is 1. The fraction of sp³-hybridized carbons (Fsp3) is 0.0541. The van der Waals surface area contributed by atoms with Gasteiger partial charge in [0, 0.05) is 38.1 Å². The van der Waals surface area contributed by atoms with Gasteiger partial charge in [0.25, 0.3) is 0 Å². The van der Waals surface area contributed by atoms with Crippen LogP contribution in [0, 0.1) is 26.0 Å². The molecule has 0 fully saturated rings. The summed E-state index contributed by atoms with van der Waals surface area (Å²) < 4.78 is 2.10. The predicted octanol–water partition coefficient (Wildman–Crippen LogP) is 8.72. The molecule has 42 heavy (non-hydrogen) atoms. The molecule has 207 valence electrons. The second-order valence-electron chi connectivity index (χ2n) is 9.71. The molecule has 1 radical (unpaired) electrons. The van der Waals surface area contributed by atoms with Crippen LogP contribution in [0.3, 0.4) is 0 Å². The van der Waals surface area contributed by atoms with Crippen LogP contribution in [0.5, 0.6) is 0 Å². The van der Waals surface area contributed by atoms with Crippen LogP contribution >= 0.6 is 0 Å². The third-order valence-electron chi connectivity index (χ3n) is 6.87. The van der Waals surface area contributed by atoms with Gasteiger partial charge in [-0.1, -0.05) is 60.7 Å². The molecule has 0 aliphatic carbocycles. The summed E-state index contributed by atoms with van der Waals surface area (Å²) >= 11 is 0. The quantitative estimate of drug-likeness (QED) is 0.171. The second kappa shape index (κ2) is 13.3. The Morgan fingerprint density at radius 1 is 0.619 bits per heavy atom. The zero-order valence-corrected chi connectivity index (χ0v) is 25.7. The van der Waals surface area contributed by atoms with Crippen molar-refractivity contribution >= 4 is 11.0 Å². The SMILES string of the molecule is Cc1cc(-c2ccccc2)cc(C)c1-c1nc2ccc[c-]c2n1-c1ccccn1.[Ir].[c-]1ccccc1-c1ccccn1. The molecule has 0 aliphatic heterocycles. The number of benzene rings is 4. The Hall–Kier alpha value is -4.70. The number of hydrogen-bond donors (Lipinski definition) is 0. The summed E-state index contributed by atoms with van der Waals surface area (Å²) in [6, 6.07) is 47.0. The Kier molecular flexibility index (Phi) is 9.13. The van der Waals surface area contributed by atoms with Crippen LogP contribution in [0.4, 0.5) is 0 Å². The number of pyridine rings is 2. The first-order chi connectivity index (χ1) is 20.2. The van der Waals surface area contributed by atoms with Crippen LogP contribution in [0.2, 0.25) is 0 Å². The van der Waals surface area contributed by atoms with Gasteiger partial charge in [-0.2, -0.15) is 18.2 Å². The molecule has 4 aromatic carbocycles. The van der Waals surface area contributed by atoms with E-state index in [1.165, 1.54) is 22.3 Å². The third-order valence-corrected chi connectivity index (χ3v) is 6.87. The molecule has 0 bridgehead atoms. The van der Waals surface area contributed by atoms with E-state index in [1.807, 2.05) is 91.1 Å². The van der Waals surface area contributed by atoms with E-state index in [0.29, 0.717) is 0 Å². The normalized spacial score (nSPS) is 10.4. The molecule has 0 amide bonds. The number of aromatic nitrogens is 4. The number of hydrogen-bond acceptors (Lipinski definition) is 3. The summed E-state index contributed by atoms with van der Waals surface area (Å²) in [5, 5.41) is 0. The minimum Gasteiger partial charge on any atom is -0.305 e. The zero-order valence-electron chi connectivity index (χ0n) is 23.3. The Morgan fingerprint density at radius 3 is 1.98 bits per heavy atom. The van der Waals surface area contributed by atoms with E-state index in [0.717, 1.165) is 39.5 Å². The van der Waals surface area contributed by atoms with E-state index in [-0.39, 0.29) is 20.1 Å². The molecule has 0 atom stereocenters. The van der Waals surface area contributed by atoms with Crippen molar-refractivity contribution in [2.75, 3.05) is 0 Å². The summed E-state index contributed by atoms with van der Waals surface area (Å²) in [5.74, 6) is 1.74. The van der Waals surface area contributed by atoms with Crippen LogP contribution in [0.15, 0.2) is 134 Å². The third kappa shape index (κ3) is 6.13. The van der Waals surface area contributed by atoms with E-state index in [9.17, 15) is 0 Å².